The molecular formula is C6H5BrN4S. The summed E-state index contributed by atoms with van der Waals surface area (Å²) < 4.78 is 0.991. The van der Waals surface area contributed by atoms with Crippen LogP contribution in [0, 0.1) is 0 Å². The van der Waals surface area contributed by atoms with Crippen LogP contribution in [-0.2, 0) is 0 Å². The number of nitrogens with zero attached hydrogens (tertiary/aromatic N) is 2. The predicted molar refractivity (Wildman–Crippen MR) is 51.8 cm³/mol. The van der Waals surface area contributed by atoms with E-state index in [-0.39, 0.29) is 0 Å². The minimum atomic E-state index is 0.483. The largest absolute Gasteiger partial charge is 0.382 e. The second-order valence-electron chi connectivity index (χ2n) is 2.18. The van der Waals surface area contributed by atoms with Gasteiger partial charge >= 0.3 is 0 Å². The number of anilines is 1. The van der Waals surface area contributed by atoms with E-state index in [1.807, 2.05) is 0 Å². The molecule has 2 rings (SSSR count). The number of aromatic nitrogens is 3. The van der Waals surface area contributed by atoms with Crippen molar-refractivity contribution in [2.45, 2.75) is 0 Å². The second kappa shape index (κ2) is 2.87. The van der Waals surface area contributed by atoms with Crippen LogP contribution in [0.5, 0.6) is 0 Å². The fourth-order valence-electron chi connectivity index (χ4n) is 0.826. The summed E-state index contributed by atoms with van der Waals surface area (Å²) in [5.41, 5.74) is 6.30. The quantitative estimate of drug-likeness (QED) is 0.805. The summed E-state index contributed by atoms with van der Waals surface area (Å²) in [4.78, 5) is 4.14. The molecule has 12 heavy (non-hydrogen) atoms. The number of rotatable bonds is 1. The maximum absolute atomic E-state index is 5.45. The van der Waals surface area contributed by atoms with E-state index in [1.54, 1.807) is 12.3 Å². The Bertz CT molecular complexity index is 355. The van der Waals surface area contributed by atoms with Gasteiger partial charge in [-0.25, -0.2) is 4.98 Å². The van der Waals surface area contributed by atoms with Gasteiger partial charge in [-0.2, -0.15) is 5.10 Å². The van der Waals surface area contributed by atoms with E-state index in [4.69, 9.17) is 5.73 Å². The summed E-state index contributed by atoms with van der Waals surface area (Å²) in [6, 6.07) is 1.76. The van der Waals surface area contributed by atoms with Crippen molar-refractivity contribution >= 4 is 33.1 Å². The van der Waals surface area contributed by atoms with Crippen LogP contribution in [0.2, 0.25) is 0 Å². The minimum absolute atomic E-state index is 0.483. The topological polar surface area (TPSA) is 67.6 Å². The van der Waals surface area contributed by atoms with Crippen molar-refractivity contribution in [3.8, 4) is 10.7 Å². The van der Waals surface area contributed by atoms with Gasteiger partial charge in [0.2, 0.25) is 0 Å². The number of hydrogen-bond donors (Lipinski definition) is 2. The van der Waals surface area contributed by atoms with Gasteiger partial charge in [0.1, 0.15) is 10.8 Å². The van der Waals surface area contributed by atoms with E-state index in [1.165, 1.54) is 11.3 Å². The zero-order valence-corrected chi connectivity index (χ0v) is 8.32. The molecule has 0 aliphatic heterocycles. The Balaban J connectivity index is 2.43. The van der Waals surface area contributed by atoms with Crippen LogP contribution in [0.4, 0.5) is 5.82 Å². The third-order valence-electron chi connectivity index (χ3n) is 1.31. The van der Waals surface area contributed by atoms with E-state index in [2.05, 4.69) is 31.1 Å². The summed E-state index contributed by atoms with van der Waals surface area (Å²) >= 11 is 4.86. The van der Waals surface area contributed by atoms with E-state index >= 15 is 0 Å². The molecule has 0 fully saturated rings. The molecule has 0 atom stereocenters. The molecule has 2 aromatic rings. The highest BCUT2D eigenvalue weighted by atomic mass is 79.9. The zero-order valence-electron chi connectivity index (χ0n) is 5.91. The van der Waals surface area contributed by atoms with Gasteiger partial charge in [0, 0.05) is 6.07 Å². The lowest BCUT2D eigenvalue weighted by Crippen LogP contribution is -1.81. The average Bonchev–Trinajstić information content (AvgIpc) is 2.58. The molecule has 0 unspecified atom stereocenters. The van der Waals surface area contributed by atoms with Gasteiger partial charge in [-0.1, -0.05) is 0 Å². The average molecular weight is 245 g/mol. The molecule has 0 saturated carbocycles. The minimum Gasteiger partial charge on any atom is -0.382 e. The maximum atomic E-state index is 5.45. The maximum Gasteiger partial charge on any atom is 0.145 e. The SMILES string of the molecule is Nc1cc(-c2ncc(Br)s2)[nH]n1. The van der Waals surface area contributed by atoms with E-state index in [9.17, 15) is 0 Å². The van der Waals surface area contributed by atoms with Crippen molar-refractivity contribution in [2.24, 2.45) is 0 Å². The van der Waals surface area contributed by atoms with E-state index in [0.29, 0.717) is 5.82 Å². The van der Waals surface area contributed by atoms with Crippen LogP contribution >= 0.6 is 27.3 Å². The molecule has 0 spiro atoms. The molecule has 4 nitrogen and oxygen atoms in total. The van der Waals surface area contributed by atoms with E-state index < -0.39 is 0 Å². The molecule has 0 aliphatic rings. The summed E-state index contributed by atoms with van der Waals surface area (Å²) in [5, 5.41) is 7.47. The van der Waals surface area contributed by atoms with Crippen molar-refractivity contribution in [1.82, 2.24) is 15.2 Å². The first-order valence-electron chi connectivity index (χ1n) is 3.18. The van der Waals surface area contributed by atoms with Crippen molar-refractivity contribution in [3.63, 3.8) is 0 Å². The van der Waals surface area contributed by atoms with Crippen molar-refractivity contribution in [2.75, 3.05) is 5.73 Å². The standard InChI is InChI=1S/C6H5BrN4S/c7-4-2-9-6(12-4)3-1-5(8)11-10-3/h1-2H,(H3,8,10,11). The number of nitrogens with two attached hydrogens (primary N) is 1. The Morgan fingerprint density at radius 1 is 1.58 bits per heavy atom. The zero-order chi connectivity index (χ0) is 8.55. The Morgan fingerprint density at radius 2 is 2.42 bits per heavy atom. The molecule has 0 aromatic carbocycles. The van der Waals surface area contributed by atoms with Gasteiger partial charge in [0.25, 0.3) is 0 Å². The van der Waals surface area contributed by atoms with Crippen LogP contribution in [0.15, 0.2) is 16.0 Å². The highest BCUT2D eigenvalue weighted by molar-refractivity contribution is 9.11. The molecule has 2 aromatic heterocycles. The molecule has 0 aliphatic carbocycles. The van der Waals surface area contributed by atoms with Gasteiger partial charge in [0.05, 0.1) is 15.7 Å². The van der Waals surface area contributed by atoms with Crippen LogP contribution < -0.4 is 5.73 Å². The van der Waals surface area contributed by atoms with Gasteiger partial charge in [-0.15, -0.1) is 11.3 Å². The summed E-state index contributed by atoms with van der Waals surface area (Å²) in [7, 11) is 0. The van der Waals surface area contributed by atoms with Gasteiger partial charge in [-0.05, 0) is 15.9 Å². The highest BCUT2D eigenvalue weighted by Gasteiger charge is 2.05. The second-order valence-corrected chi connectivity index (χ2v) is 4.59. The van der Waals surface area contributed by atoms with Crippen molar-refractivity contribution in [1.29, 1.82) is 0 Å². The van der Waals surface area contributed by atoms with Crippen LogP contribution in [0.1, 0.15) is 0 Å². The summed E-state index contributed by atoms with van der Waals surface area (Å²) in [6.45, 7) is 0. The third-order valence-corrected chi connectivity index (χ3v) is 2.82. The molecule has 2 heterocycles. The van der Waals surface area contributed by atoms with Gasteiger partial charge in [0.15, 0.2) is 0 Å². The summed E-state index contributed by atoms with van der Waals surface area (Å²) in [6.07, 6.45) is 1.75. The molecule has 6 heteroatoms. The van der Waals surface area contributed by atoms with Crippen LogP contribution in [-0.4, -0.2) is 15.2 Å². The fourth-order valence-corrected chi connectivity index (χ4v) is 2.00. The molecule has 62 valence electrons. The van der Waals surface area contributed by atoms with Crippen molar-refractivity contribution < 1.29 is 0 Å². The monoisotopic (exact) mass is 244 g/mol. The predicted octanol–water partition coefficient (Wildman–Crippen LogP) is 1.88. The molecule has 0 radical (unpaired) electrons. The number of nitrogen functional groups attached to an aromatic ring is 1. The lowest BCUT2D eigenvalue weighted by molar-refractivity contribution is 1.10. The molecule has 0 amide bonds. The van der Waals surface area contributed by atoms with Crippen molar-refractivity contribution in [3.05, 3.63) is 16.0 Å². The molecule has 3 N–H and O–H groups in total. The number of aromatic amines is 1. The van der Waals surface area contributed by atoms with Crippen LogP contribution in [0.3, 0.4) is 0 Å². The Hall–Kier alpha value is -0.880. The lowest BCUT2D eigenvalue weighted by Gasteiger charge is -1.84. The first-order valence-corrected chi connectivity index (χ1v) is 4.79. The van der Waals surface area contributed by atoms with Gasteiger partial charge < -0.3 is 5.73 Å². The first-order chi connectivity index (χ1) is 5.75. The normalized spacial score (nSPS) is 10.4. The number of thiazole rings is 1. The number of H-pyrrole nitrogens is 1. The fraction of sp³-hybridized carbons (Fsp3) is 0. The molecule has 0 saturated heterocycles. The van der Waals surface area contributed by atoms with Gasteiger partial charge in [-0.3, -0.25) is 5.10 Å². The first kappa shape index (κ1) is 7.75. The van der Waals surface area contributed by atoms with Crippen LogP contribution in [0.25, 0.3) is 10.7 Å². The molecular weight excluding hydrogens is 240 g/mol. The Morgan fingerprint density at radius 3 is 2.92 bits per heavy atom. The highest BCUT2D eigenvalue weighted by Crippen LogP contribution is 2.27. The smallest absolute Gasteiger partial charge is 0.145 e. The Labute approximate surface area is 81.0 Å². The Kier molecular flexibility index (Phi) is 1.86. The molecule has 0 bridgehead atoms. The van der Waals surface area contributed by atoms with E-state index in [0.717, 1.165) is 14.5 Å². The number of hydrogen-bond acceptors (Lipinski definition) is 4. The number of halogens is 1. The third kappa shape index (κ3) is 1.35. The summed E-state index contributed by atoms with van der Waals surface area (Å²) in [5.74, 6) is 0.483. The number of nitrogens with one attached hydrogen (secondary N) is 1. The lowest BCUT2D eigenvalue weighted by atomic mass is 10.4.